The van der Waals surface area contributed by atoms with E-state index in [0.717, 1.165) is 231 Å². The molecule has 2 heterocycles. The number of hydrogen-bond donors (Lipinski definition) is 5. The van der Waals surface area contributed by atoms with Crippen molar-refractivity contribution < 1.29 is 75.3 Å². The number of phosphoric ester groups is 2. The van der Waals surface area contributed by atoms with E-state index in [0.29, 0.717) is 29.9 Å². The Hall–Kier alpha value is -1.91. The standard InChI is InChI=1S/C70H129N3O18P2/c1-60-58-73(69(77)72-68(60)76)67-53-64(74)65(91-67)59-90-93(80,81)89-49-35-21-19-32-46-86-44-30-17-15-28-42-84-40-26-13-11-24-38-82-37-23-10-12-25-39-83-41-27-14-16-29-43-85-45-31-18-20-34-48-88-92(78,79)87-47-33-9-7-5-3-2-4-6-8-22-36-71-66(75)57-70-54-61-50-62(55-70)52-63(51-61)56-70/h58,61-65,67,74H,2-57,59H2,1H3,(H,71,75)(H,78,79)(H,80,81)(H,72,76,77)/t61?,62?,63?,64-,65+,67+,70?/m0/s1. The lowest BCUT2D eigenvalue weighted by molar-refractivity contribution is -0.129. The Balaban J connectivity index is 0.625. The molecule has 2 unspecified atom stereocenters. The number of aliphatic hydroxyl groups is 1. The van der Waals surface area contributed by atoms with Gasteiger partial charge in [-0.05, 0) is 159 Å². The summed E-state index contributed by atoms with van der Waals surface area (Å²) in [5.41, 5.74) is -0.528. The summed E-state index contributed by atoms with van der Waals surface area (Å²) < 4.78 is 81.2. The Morgan fingerprint density at radius 1 is 0.495 bits per heavy atom. The van der Waals surface area contributed by atoms with Crippen LogP contribution in [0.5, 0.6) is 0 Å². The topological polar surface area (TPSA) is 271 Å². The summed E-state index contributed by atoms with van der Waals surface area (Å²) in [5, 5.41) is 13.6. The van der Waals surface area contributed by atoms with Crippen molar-refractivity contribution in [1.82, 2.24) is 14.9 Å². The van der Waals surface area contributed by atoms with Gasteiger partial charge in [-0.1, -0.05) is 128 Å². The second kappa shape index (κ2) is 50.4. The number of aromatic amines is 1. The molecule has 1 saturated heterocycles. The van der Waals surface area contributed by atoms with Gasteiger partial charge in [-0.25, -0.2) is 13.9 Å². The molecule has 1 amide bonds. The van der Waals surface area contributed by atoms with Gasteiger partial charge in [0, 0.05) is 97.2 Å². The highest BCUT2D eigenvalue weighted by Gasteiger charge is 2.51. The molecule has 1 aromatic rings. The van der Waals surface area contributed by atoms with E-state index in [-0.39, 0.29) is 26.2 Å². The van der Waals surface area contributed by atoms with Gasteiger partial charge in [-0.3, -0.25) is 37.2 Å². The number of rotatable bonds is 64. The summed E-state index contributed by atoms with van der Waals surface area (Å²) in [7, 11) is -8.34. The lowest BCUT2D eigenvalue weighted by Gasteiger charge is -2.56. The Kier molecular flexibility index (Phi) is 44.3. The van der Waals surface area contributed by atoms with E-state index < -0.39 is 51.9 Å². The SMILES string of the molecule is Cc1cn([C@H]2C[C@H](O)[C@@H](COP(=O)(O)OCCCCCCOCCCCCCOCCCCCCOCCCCCCOCCCCCCOCCCCCCOP(=O)(O)OCCCCCCCCCCCCNC(=O)CC34CC5CC(CC(C5)C3)C4)O2)c(=O)[nH]c1=O. The Morgan fingerprint density at radius 3 is 1.16 bits per heavy atom. The molecule has 4 saturated carbocycles. The predicted molar refractivity (Wildman–Crippen MR) is 363 cm³/mol. The fraction of sp³-hybridized carbons (Fsp3) is 0.929. The average Bonchev–Trinajstić information content (AvgIpc) is 1.30. The van der Waals surface area contributed by atoms with Crippen LogP contribution in [0.3, 0.4) is 0 Å². The number of H-pyrrole nitrogens is 1. The number of amides is 1. The minimum atomic E-state index is -4.36. The molecule has 0 aromatic carbocycles. The van der Waals surface area contributed by atoms with E-state index in [1.165, 1.54) is 120 Å². The minimum absolute atomic E-state index is 0.0528. The average molecular weight is 1360 g/mol. The summed E-state index contributed by atoms with van der Waals surface area (Å²) >= 11 is 0. The molecule has 21 nitrogen and oxygen atoms in total. The molecule has 5 fully saturated rings. The monoisotopic (exact) mass is 1360 g/mol. The van der Waals surface area contributed by atoms with E-state index in [4.69, 9.17) is 46.5 Å². The third-order valence-electron chi connectivity index (χ3n) is 19.1. The van der Waals surface area contributed by atoms with E-state index in [1.807, 2.05) is 0 Å². The normalized spacial score (nSPS) is 22.2. The number of hydrogen-bond acceptors (Lipinski definition) is 16. The molecule has 6 rings (SSSR count). The number of aromatic nitrogens is 2. The number of ether oxygens (including phenoxy) is 6. The fourth-order valence-electron chi connectivity index (χ4n) is 14.3. The second-order valence-corrected chi connectivity index (χ2v) is 30.6. The fourth-order valence-corrected chi connectivity index (χ4v) is 15.8. The predicted octanol–water partition coefficient (Wildman–Crippen LogP) is 14.8. The Morgan fingerprint density at radius 2 is 0.806 bits per heavy atom. The zero-order chi connectivity index (χ0) is 66.3. The number of carbonyl (C=O) groups excluding carboxylic acids is 1. The van der Waals surface area contributed by atoms with Crippen LogP contribution in [0.1, 0.15) is 281 Å². The van der Waals surface area contributed by atoms with Crippen LogP contribution in [0.15, 0.2) is 15.8 Å². The molecule has 5 aliphatic rings. The highest BCUT2D eigenvalue weighted by Crippen LogP contribution is 2.61. The zero-order valence-corrected chi connectivity index (χ0v) is 59.4. The summed E-state index contributed by atoms with van der Waals surface area (Å²) in [4.78, 5) is 58.9. The van der Waals surface area contributed by atoms with Gasteiger partial charge in [-0.15, -0.1) is 0 Å². The van der Waals surface area contributed by atoms with Crippen molar-refractivity contribution in [1.29, 1.82) is 0 Å². The molecule has 1 aromatic heterocycles. The van der Waals surface area contributed by atoms with Crippen LogP contribution in [-0.4, -0.2) is 142 Å². The second-order valence-electron chi connectivity index (χ2n) is 27.7. The first kappa shape index (κ1) is 81.8. The molecular weight excluding hydrogens is 1230 g/mol. The van der Waals surface area contributed by atoms with E-state index in [1.54, 1.807) is 6.92 Å². The smallest absolute Gasteiger partial charge is 0.390 e. The maximum Gasteiger partial charge on any atom is 0.472 e. The van der Waals surface area contributed by atoms with Gasteiger partial charge >= 0.3 is 21.3 Å². The van der Waals surface area contributed by atoms with Crippen molar-refractivity contribution in [2.45, 2.75) is 295 Å². The van der Waals surface area contributed by atoms with Crippen molar-refractivity contribution in [2.24, 2.45) is 23.2 Å². The highest BCUT2D eigenvalue weighted by atomic mass is 31.2. The van der Waals surface area contributed by atoms with Crippen molar-refractivity contribution >= 4 is 21.6 Å². The maximum atomic E-state index is 12.7. The highest BCUT2D eigenvalue weighted by molar-refractivity contribution is 7.47. The van der Waals surface area contributed by atoms with Gasteiger partial charge in [0.2, 0.25) is 5.91 Å². The number of unbranched alkanes of at least 4 members (excludes halogenated alkanes) is 27. The van der Waals surface area contributed by atoms with Gasteiger partial charge in [-0.2, -0.15) is 0 Å². The molecule has 1 aliphatic heterocycles. The van der Waals surface area contributed by atoms with Gasteiger partial charge in [0.1, 0.15) is 12.3 Å². The molecule has 0 radical (unpaired) electrons. The third-order valence-corrected chi connectivity index (χ3v) is 21.1. The van der Waals surface area contributed by atoms with Crippen LogP contribution in [0.2, 0.25) is 0 Å². The summed E-state index contributed by atoms with van der Waals surface area (Å²) in [5.74, 6) is 3.01. The third kappa shape index (κ3) is 38.9. The quantitative estimate of drug-likeness (QED) is 0.0299. The van der Waals surface area contributed by atoms with Crippen LogP contribution in [0.25, 0.3) is 0 Å². The minimum Gasteiger partial charge on any atom is -0.390 e. The summed E-state index contributed by atoms with van der Waals surface area (Å²) in [6, 6.07) is 0. The van der Waals surface area contributed by atoms with Crippen LogP contribution >= 0.6 is 15.6 Å². The lowest BCUT2D eigenvalue weighted by Crippen LogP contribution is -2.48. The lowest BCUT2D eigenvalue weighted by atomic mass is 9.49. The molecule has 0 spiro atoms. The van der Waals surface area contributed by atoms with Crippen molar-refractivity contribution in [3.63, 3.8) is 0 Å². The molecule has 542 valence electrons. The van der Waals surface area contributed by atoms with Gasteiger partial charge in [0.15, 0.2) is 0 Å². The molecule has 4 aliphatic carbocycles. The molecular formula is C70H129N3O18P2. The summed E-state index contributed by atoms with van der Waals surface area (Å²) in [6.45, 7) is 10.5. The molecule has 4 bridgehead atoms. The van der Waals surface area contributed by atoms with Crippen LogP contribution < -0.4 is 16.6 Å². The zero-order valence-electron chi connectivity index (χ0n) is 57.7. The van der Waals surface area contributed by atoms with Crippen molar-refractivity contribution in [2.75, 3.05) is 99.0 Å². The molecule has 5 atom stereocenters. The number of nitrogens with one attached hydrogen (secondary N) is 2. The number of aliphatic hydroxyl groups excluding tert-OH is 1. The number of carbonyl (C=O) groups is 1. The molecule has 93 heavy (non-hydrogen) atoms. The number of nitrogens with zero attached hydrogens (tertiary/aromatic N) is 1. The Labute approximate surface area is 559 Å². The van der Waals surface area contributed by atoms with Crippen LogP contribution in [0.4, 0.5) is 0 Å². The molecule has 5 N–H and O–H groups in total. The largest absolute Gasteiger partial charge is 0.472 e. The van der Waals surface area contributed by atoms with Crippen molar-refractivity contribution in [3.05, 3.63) is 32.6 Å². The van der Waals surface area contributed by atoms with E-state index in [2.05, 4.69) is 10.3 Å². The first-order valence-corrected chi connectivity index (χ1v) is 40.3. The van der Waals surface area contributed by atoms with Gasteiger partial charge in [0.25, 0.3) is 5.56 Å². The van der Waals surface area contributed by atoms with Crippen LogP contribution in [0, 0.1) is 30.1 Å². The van der Waals surface area contributed by atoms with Crippen LogP contribution in [-0.2, 0) is 60.4 Å². The Bertz CT molecular complexity index is 2240. The van der Waals surface area contributed by atoms with E-state index >= 15 is 0 Å². The maximum absolute atomic E-state index is 12.7. The number of phosphoric acid groups is 2. The first-order valence-electron chi connectivity index (χ1n) is 37.3. The first-order chi connectivity index (χ1) is 45.2. The molecule has 23 heteroatoms. The van der Waals surface area contributed by atoms with Gasteiger partial charge < -0.3 is 48.6 Å². The van der Waals surface area contributed by atoms with Gasteiger partial charge in [0.05, 0.1) is 32.5 Å². The summed E-state index contributed by atoms with van der Waals surface area (Å²) in [6.07, 6.45) is 43.7. The number of aryl methyl sites for hydroxylation is 1. The van der Waals surface area contributed by atoms with Crippen molar-refractivity contribution in [3.8, 4) is 0 Å². The van der Waals surface area contributed by atoms with E-state index in [9.17, 15) is 38.4 Å².